The number of hydrogen-bond acceptors (Lipinski definition) is 7. The molecule has 0 radical (unpaired) electrons. The van der Waals surface area contributed by atoms with Crippen molar-refractivity contribution in [3.8, 4) is 11.5 Å². The SMILES string of the molecule is CCOc1cc(C2C3=C(CCCC3=O)Nc3nc(SCC)nn32)cc(Br)c1OCc1ccccc1Cl. The van der Waals surface area contributed by atoms with Gasteiger partial charge in [0, 0.05) is 28.3 Å². The van der Waals surface area contributed by atoms with Crippen molar-refractivity contribution in [2.45, 2.75) is 50.9 Å². The van der Waals surface area contributed by atoms with E-state index < -0.39 is 6.04 Å². The fourth-order valence-electron chi connectivity index (χ4n) is 4.55. The number of Topliss-reactive ketones (excluding diaryl/α,β-unsaturated/α-hetero) is 1. The summed E-state index contributed by atoms with van der Waals surface area (Å²) in [5.74, 6) is 2.81. The minimum atomic E-state index is -0.407. The lowest BCUT2D eigenvalue weighted by Crippen LogP contribution is -2.31. The van der Waals surface area contributed by atoms with Crippen molar-refractivity contribution in [2.75, 3.05) is 17.7 Å². The standard InChI is InChI=1S/C26H26BrClN4O3S/c1-3-34-21-13-16(12-17(27)24(21)35-14-15-8-5-6-9-18(15)28)23-22-19(10-7-11-20(22)33)29-25-30-26(36-4-2)31-32(23)25/h5-6,8-9,12-13,23H,3-4,7,10-11,14H2,1-2H3,(H,29,30,31). The molecule has 0 spiro atoms. The van der Waals surface area contributed by atoms with Crippen LogP contribution in [0.2, 0.25) is 5.02 Å². The minimum absolute atomic E-state index is 0.132. The fraction of sp³-hybridized carbons (Fsp3) is 0.346. The highest BCUT2D eigenvalue weighted by atomic mass is 79.9. The molecule has 7 nitrogen and oxygen atoms in total. The quantitative estimate of drug-likeness (QED) is 0.289. The van der Waals surface area contributed by atoms with E-state index >= 15 is 0 Å². The molecule has 2 aliphatic rings. The number of thioether (sulfide) groups is 1. The zero-order chi connectivity index (χ0) is 25.2. The van der Waals surface area contributed by atoms with Crippen LogP contribution in [0.15, 0.2) is 57.3 Å². The lowest BCUT2D eigenvalue weighted by Gasteiger charge is -2.32. The molecule has 2 aromatic carbocycles. The van der Waals surface area contributed by atoms with E-state index in [1.807, 2.05) is 48.0 Å². The molecule has 36 heavy (non-hydrogen) atoms. The molecule has 0 bridgehead atoms. The number of nitrogens with zero attached hydrogens (tertiary/aromatic N) is 3. The Labute approximate surface area is 227 Å². The maximum atomic E-state index is 13.2. The van der Waals surface area contributed by atoms with Crippen molar-refractivity contribution < 1.29 is 14.3 Å². The van der Waals surface area contributed by atoms with Gasteiger partial charge in [0.25, 0.3) is 0 Å². The molecule has 1 N–H and O–H groups in total. The number of nitrogens with one attached hydrogen (secondary N) is 1. The first-order valence-electron chi connectivity index (χ1n) is 11.9. The average molecular weight is 590 g/mol. The number of aromatic nitrogens is 3. The van der Waals surface area contributed by atoms with E-state index in [4.69, 9.17) is 26.2 Å². The van der Waals surface area contributed by atoms with Gasteiger partial charge < -0.3 is 14.8 Å². The molecule has 188 valence electrons. The maximum Gasteiger partial charge on any atom is 0.227 e. The van der Waals surface area contributed by atoms with E-state index in [2.05, 4.69) is 33.2 Å². The largest absolute Gasteiger partial charge is 0.490 e. The van der Waals surface area contributed by atoms with Crippen LogP contribution in [0.4, 0.5) is 5.95 Å². The van der Waals surface area contributed by atoms with Gasteiger partial charge in [0.1, 0.15) is 12.6 Å². The Hall–Kier alpha value is -2.49. The van der Waals surface area contributed by atoms with Crippen LogP contribution < -0.4 is 14.8 Å². The minimum Gasteiger partial charge on any atom is -0.490 e. The number of allylic oxidation sites excluding steroid dienone is 2. The van der Waals surface area contributed by atoms with Crippen LogP contribution >= 0.6 is 39.3 Å². The second kappa shape index (κ2) is 10.9. The molecule has 0 saturated heterocycles. The number of halogens is 2. The summed E-state index contributed by atoms with van der Waals surface area (Å²) in [5, 5.41) is 9.45. The van der Waals surface area contributed by atoms with Crippen LogP contribution in [0.3, 0.4) is 0 Å². The summed E-state index contributed by atoms with van der Waals surface area (Å²) in [4.78, 5) is 17.8. The highest BCUT2D eigenvalue weighted by Crippen LogP contribution is 2.45. The first-order chi connectivity index (χ1) is 17.5. The molecule has 1 atom stereocenters. The van der Waals surface area contributed by atoms with Crippen LogP contribution in [0.5, 0.6) is 11.5 Å². The first-order valence-corrected chi connectivity index (χ1v) is 14.1. The lowest BCUT2D eigenvalue weighted by atomic mass is 9.85. The third-order valence-electron chi connectivity index (χ3n) is 6.10. The monoisotopic (exact) mass is 588 g/mol. The highest BCUT2D eigenvalue weighted by molar-refractivity contribution is 9.10. The van der Waals surface area contributed by atoms with Crippen LogP contribution in [0, 0.1) is 0 Å². The number of fused-ring (bicyclic) bond motifs is 1. The molecule has 1 aliphatic heterocycles. The van der Waals surface area contributed by atoms with Crippen LogP contribution in [0.1, 0.15) is 50.3 Å². The Balaban J connectivity index is 1.57. The number of carbonyl (C=O) groups excluding carboxylic acids is 1. The number of anilines is 1. The van der Waals surface area contributed by atoms with E-state index in [0.717, 1.165) is 45.5 Å². The summed E-state index contributed by atoms with van der Waals surface area (Å²) in [6.07, 6.45) is 2.15. The third kappa shape index (κ3) is 4.88. The molecule has 0 fully saturated rings. The lowest BCUT2D eigenvalue weighted by molar-refractivity contribution is -0.116. The number of rotatable bonds is 8. The van der Waals surface area contributed by atoms with Gasteiger partial charge in [-0.1, -0.05) is 48.5 Å². The number of carbonyl (C=O) groups is 1. The number of ether oxygens (including phenoxy) is 2. The molecular formula is C26H26BrClN4O3S. The number of ketones is 1. The van der Waals surface area contributed by atoms with Gasteiger partial charge in [0.2, 0.25) is 11.1 Å². The summed E-state index contributed by atoms with van der Waals surface area (Å²) in [7, 11) is 0. The summed E-state index contributed by atoms with van der Waals surface area (Å²) in [5.41, 5.74) is 3.42. The van der Waals surface area contributed by atoms with Crippen molar-refractivity contribution in [1.82, 2.24) is 14.8 Å². The molecular weight excluding hydrogens is 564 g/mol. The summed E-state index contributed by atoms with van der Waals surface area (Å²) in [6.45, 7) is 4.75. The summed E-state index contributed by atoms with van der Waals surface area (Å²) < 4.78 is 14.7. The Bertz CT molecular complexity index is 1340. The average Bonchev–Trinajstić information content (AvgIpc) is 3.25. The van der Waals surface area contributed by atoms with Crippen molar-refractivity contribution >= 4 is 51.0 Å². The van der Waals surface area contributed by atoms with Crippen LogP contribution in [0.25, 0.3) is 0 Å². The van der Waals surface area contributed by atoms with Gasteiger partial charge in [-0.2, -0.15) is 4.98 Å². The summed E-state index contributed by atoms with van der Waals surface area (Å²) in [6, 6.07) is 11.1. The van der Waals surface area contributed by atoms with Gasteiger partial charge in [-0.05, 0) is 65.2 Å². The third-order valence-corrected chi connectivity index (χ3v) is 7.78. The van der Waals surface area contributed by atoms with Crippen molar-refractivity contribution in [3.63, 3.8) is 0 Å². The van der Waals surface area contributed by atoms with Gasteiger partial charge in [-0.25, -0.2) is 4.68 Å². The zero-order valence-corrected chi connectivity index (χ0v) is 23.2. The normalized spacial score (nSPS) is 16.9. The van der Waals surface area contributed by atoms with Gasteiger partial charge in [-0.3, -0.25) is 4.79 Å². The zero-order valence-electron chi connectivity index (χ0n) is 20.0. The first kappa shape index (κ1) is 25.2. The van der Waals surface area contributed by atoms with E-state index in [0.29, 0.717) is 47.3 Å². The molecule has 1 aromatic heterocycles. The van der Waals surface area contributed by atoms with Crippen LogP contribution in [-0.2, 0) is 11.4 Å². The van der Waals surface area contributed by atoms with Gasteiger partial charge >= 0.3 is 0 Å². The molecule has 10 heteroatoms. The van der Waals surface area contributed by atoms with Crippen molar-refractivity contribution in [1.29, 1.82) is 0 Å². The van der Waals surface area contributed by atoms with E-state index in [1.165, 1.54) is 0 Å². The van der Waals surface area contributed by atoms with E-state index in [9.17, 15) is 4.79 Å². The van der Waals surface area contributed by atoms with E-state index in [-0.39, 0.29) is 5.78 Å². The highest BCUT2D eigenvalue weighted by Gasteiger charge is 2.37. The predicted molar refractivity (Wildman–Crippen MR) is 145 cm³/mol. The van der Waals surface area contributed by atoms with Gasteiger partial charge in [-0.15, -0.1) is 5.10 Å². The number of hydrogen-bond donors (Lipinski definition) is 1. The molecule has 5 rings (SSSR count). The molecule has 1 aliphatic carbocycles. The van der Waals surface area contributed by atoms with Gasteiger partial charge in [0.05, 0.1) is 11.1 Å². The molecule has 0 saturated carbocycles. The van der Waals surface area contributed by atoms with Crippen molar-refractivity contribution in [3.05, 3.63) is 68.3 Å². The molecule has 2 heterocycles. The van der Waals surface area contributed by atoms with E-state index in [1.54, 1.807) is 11.8 Å². The Morgan fingerprint density at radius 3 is 2.83 bits per heavy atom. The second-order valence-electron chi connectivity index (χ2n) is 8.44. The predicted octanol–water partition coefficient (Wildman–Crippen LogP) is 6.81. The van der Waals surface area contributed by atoms with Gasteiger partial charge in [0.15, 0.2) is 17.3 Å². The molecule has 3 aromatic rings. The topological polar surface area (TPSA) is 78.3 Å². The summed E-state index contributed by atoms with van der Waals surface area (Å²) >= 11 is 11.6. The smallest absolute Gasteiger partial charge is 0.227 e. The maximum absolute atomic E-state index is 13.2. The molecule has 1 unspecified atom stereocenters. The number of benzene rings is 2. The Morgan fingerprint density at radius 2 is 2.06 bits per heavy atom. The van der Waals surface area contributed by atoms with Crippen molar-refractivity contribution in [2.24, 2.45) is 0 Å². The fourth-order valence-corrected chi connectivity index (χ4v) is 5.87. The molecule has 0 amide bonds. The second-order valence-corrected chi connectivity index (χ2v) is 10.9. The Kier molecular flexibility index (Phi) is 7.60. The van der Waals surface area contributed by atoms with Crippen LogP contribution in [-0.4, -0.2) is 32.9 Å². The Morgan fingerprint density at radius 1 is 1.22 bits per heavy atom.